The van der Waals surface area contributed by atoms with Crippen LogP contribution in [0.2, 0.25) is 0 Å². The van der Waals surface area contributed by atoms with E-state index in [9.17, 15) is 9.59 Å². The fourth-order valence-electron chi connectivity index (χ4n) is 0.979. The lowest BCUT2D eigenvalue weighted by atomic mass is 9.99. The highest BCUT2D eigenvalue weighted by atomic mass is 16.6. The first-order chi connectivity index (χ1) is 6.79. The van der Waals surface area contributed by atoms with Crippen LogP contribution in [0.25, 0.3) is 0 Å². The maximum absolute atomic E-state index is 11.3. The molecule has 0 saturated carbocycles. The van der Waals surface area contributed by atoms with Crippen molar-refractivity contribution in [3.8, 4) is 0 Å². The van der Waals surface area contributed by atoms with Gasteiger partial charge in [0.25, 0.3) is 0 Å². The largest absolute Gasteiger partial charge is 0.478 e. The molecule has 4 heteroatoms. The Labute approximate surface area is 89.9 Å². The summed E-state index contributed by atoms with van der Waals surface area (Å²) in [5.74, 6) is -1.34. The van der Waals surface area contributed by atoms with Gasteiger partial charge in [-0.2, -0.15) is 0 Å². The van der Waals surface area contributed by atoms with E-state index in [4.69, 9.17) is 9.84 Å². The van der Waals surface area contributed by atoms with Gasteiger partial charge in [-0.15, -0.1) is 0 Å². The first-order valence-electron chi connectivity index (χ1n) is 4.93. The predicted molar refractivity (Wildman–Crippen MR) is 56.5 cm³/mol. The van der Waals surface area contributed by atoms with Crippen LogP contribution in [0.4, 0.5) is 0 Å². The Morgan fingerprint density at radius 3 is 2.33 bits per heavy atom. The summed E-state index contributed by atoms with van der Waals surface area (Å²) in [7, 11) is 0. The highest BCUT2D eigenvalue weighted by Crippen LogP contribution is 2.21. The molecule has 0 heterocycles. The van der Waals surface area contributed by atoms with Crippen molar-refractivity contribution in [3.63, 3.8) is 0 Å². The third kappa shape index (κ3) is 5.20. The molecule has 0 rings (SSSR count). The molecule has 0 aromatic heterocycles. The van der Waals surface area contributed by atoms with Gasteiger partial charge < -0.3 is 9.84 Å². The van der Waals surface area contributed by atoms with Gasteiger partial charge in [-0.3, -0.25) is 4.79 Å². The lowest BCUT2D eigenvalue weighted by molar-refractivity contribution is -0.153. The summed E-state index contributed by atoms with van der Waals surface area (Å²) in [6.45, 7) is 6.87. The van der Waals surface area contributed by atoms with Crippen LogP contribution in [0, 0.1) is 0 Å². The Morgan fingerprint density at radius 2 is 1.93 bits per heavy atom. The molecule has 0 amide bonds. The first kappa shape index (κ1) is 13.7. The molecule has 0 unspecified atom stereocenters. The molecule has 0 fully saturated rings. The molecule has 86 valence electrons. The van der Waals surface area contributed by atoms with E-state index in [2.05, 4.69) is 0 Å². The number of ether oxygens (including phenoxy) is 1. The Bertz CT molecular complexity index is 276. The van der Waals surface area contributed by atoms with Crippen LogP contribution < -0.4 is 0 Å². The molecule has 0 aliphatic carbocycles. The molecule has 0 saturated heterocycles. The van der Waals surface area contributed by atoms with Crippen molar-refractivity contribution < 1.29 is 19.4 Å². The zero-order chi connectivity index (χ0) is 12.1. The Kier molecular flexibility index (Phi) is 5.05. The molecule has 0 aliphatic rings. The molecular formula is C11H18O4. The Hall–Kier alpha value is -1.32. The van der Waals surface area contributed by atoms with E-state index in [0.717, 1.165) is 12.5 Å². The minimum atomic E-state index is -1.04. The van der Waals surface area contributed by atoms with Gasteiger partial charge in [0.15, 0.2) is 0 Å². The van der Waals surface area contributed by atoms with Crippen molar-refractivity contribution in [2.24, 2.45) is 0 Å². The summed E-state index contributed by atoms with van der Waals surface area (Å²) in [5, 5.41) is 8.57. The van der Waals surface area contributed by atoms with Gasteiger partial charge in [0.1, 0.15) is 5.60 Å². The van der Waals surface area contributed by atoms with E-state index in [-0.39, 0.29) is 5.97 Å². The molecule has 0 spiro atoms. The molecule has 0 atom stereocenters. The Balaban J connectivity index is 4.54. The second kappa shape index (κ2) is 5.53. The number of aliphatic carboxylic acids is 1. The lowest BCUT2D eigenvalue weighted by Crippen LogP contribution is -2.29. The van der Waals surface area contributed by atoms with Crippen LogP contribution in [0.1, 0.15) is 40.5 Å². The SMILES string of the molecule is CCCC(=O)OC(C)(C)/C(C)=C/C(=O)O. The molecule has 1 N–H and O–H groups in total. The van der Waals surface area contributed by atoms with Gasteiger partial charge in [0.05, 0.1) is 0 Å². The molecular weight excluding hydrogens is 196 g/mol. The average molecular weight is 214 g/mol. The van der Waals surface area contributed by atoms with Crippen LogP contribution in [0.15, 0.2) is 11.6 Å². The van der Waals surface area contributed by atoms with Crippen molar-refractivity contribution in [3.05, 3.63) is 11.6 Å². The summed E-state index contributed by atoms with van der Waals surface area (Å²) in [6.07, 6.45) is 2.12. The summed E-state index contributed by atoms with van der Waals surface area (Å²) in [6, 6.07) is 0. The zero-order valence-corrected chi connectivity index (χ0v) is 9.66. The molecule has 0 aromatic carbocycles. The second-order valence-corrected chi connectivity index (χ2v) is 3.90. The topological polar surface area (TPSA) is 63.6 Å². The van der Waals surface area contributed by atoms with E-state index in [1.54, 1.807) is 20.8 Å². The van der Waals surface area contributed by atoms with Gasteiger partial charge in [-0.25, -0.2) is 4.79 Å². The monoisotopic (exact) mass is 214 g/mol. The summed E-state index contributed by atoms with van der Waals surface area (Å²) in [5.41, 5.74) is -0.343. The molecule has 0 aliphatic heterocycles. The maximum Gasteiger partial charge on any atom is 0.328 e. The smallest absolute Gasteiger partial charge is 0.328 e. The summed E-state index contributed by atoms with van der Waals surface area (Å²) < 4.78 is 5.17. The Morgan fingerprint density at radius 1 is 1.40 bits per heavy atom. The van der Waals surface area contributed by atoms with Crippen LogP contribution in [-0.4, -0.2) is 22.6 Å². The lowest BCUT2D eigenvalue weighted by Gasteiger charge is -2.25. The maximum atomic E-state index is 11.3. The molecule has 0 aromatic rings. The highest BCUT2D eigenvalue weighted by Gasteiger charge is 2.25. The van der Waals surface area contributed by atoms with Crippen LogP contribution >= 0.6 is 0 Å². The van der Waals surface area contributed by atoms with E-state index >= 15 is 0 Å². The second-order valence-electron chi connectivity index (χ2n) is 3.90. The number of carbonyl (C=O) groups is 2. The third-order valence-corrected chi connectivity index (χ3v) is 2.11. The number of carboxylic acid groups (broad SMARTS) is 1. The van der Waals surface area contributed by atoms with Crippen molar-refractivity contribution >= 4 is 11.9 Å². The standard InChI is InChI=1S/C11H18O4/c1-5-6-10(14)15-11(3,4)8(2)7-9(12)13/h7H,5-6H2,1-4H3,(H,12,13)/b8-7+. The fraction of sp³-hybridized carbons (Fsp3) is 0.636. The average Bonchev–Trinajstić information content (AvgIpc) is 2.01. The van der Waals surface area contributed by atoms with Crippen LogP contribution in [0.3, 0.4) is 0 Å². The third-order valence-electron chi connectivity index (χ3n) is 2.11. The normalized spacial score (nSPS) is 12.4. The molecule has 4 nitrogen and oxygen atoms in total. The number of rotatable bonds is 5. The molecule has 0 bridgehead atoms. The van der Waals surface area contributed by atoms with Gasteiger partial charge in [-0.05, 0) is 32.8 Å². The van der Waals surface area contributed by atoms with Crippen LogP contribution in [0.5, 0.6) is 0 Å². The van der Waals surface area contributed by atoms with Crippen molar-refractivity contribution in [2.75, 3.05) is 0 Å². The minimum absolute atomic E-state index is 0.305. The molecule has 15 heavy (non-hydrogen) atoms. The van der Waals surface area contributed by atoms with Gasteiger partial charge in [-0.1, -0.05) is 6.92 Å². The fourth-order valence-corrected chi connectivity index (χ4v) is 0.979. The predicted octanol–water partition coefficient (Wildman–Crippen LogP) is 2.14. The molecule has 0 radical (unpaired) electrons. The van der Waals surface area contributed by atoms with Gasteiger partial charge in [0.2, 0.25) is 0 Å². The van der Waals surface area contributed by atoms with Crippen LogP contribution in [-0.2, 0) is 14.3 Å². The van der Waals surface area contributed by atoms with Crippen molar-refractivity contribution in [2.45, 2.75) is 46.1 Å². The minimum Gasteiger partial charge on any atom is -0.478 e. The van der Waals surface area contributed by atoms with Crippen molar-refractivity contribution in [1.82, 2.24) is 0 Å². The first-order valence-corrected chi connectivity index (χ1v) is 4.93. The number of hydrogen-bond donors (Lipinski definition) is 1. The quantitative estimate of drug-likeness (QED) is 0.562. The van der Waals surface area contributed by atoms with E-state index in [0.29, 0.717) is 12.0 Å². The van der Waals surface area contributed by atoms with Crippen molar-refractivity contribution in [1.29, 1.82) is 0 Å². The summed E-state index contributed by atoms with van der Waals surface area (Å²) >= 11 is 0. The number of carboxylic acids is 1. The highest BCUT2D eigenvalue weighted by molar-refractivity contribution is 5.81. The zero-order valence-electron chi connectivity index (χ0n) is 9.66. The van der Waals surface area contributed by atoms with Gasteiger partial charge >= 0.3 is 11.9 Å². The number of carbonyl (C=O) groups excluding carboxylic acids is 1. The van der Waals surface area contributed by atoms with E-state index < -0.39 is 11.6 Å². The number of hydrogen-bond acceptors (Lipinski definition) is 3. The summed E-state index contributed by atoms with van der Waals surface area (Å²) in [4.78, 5) is 21.7. The van der Waals surface area contributed by atoms with E-state index in [1.807, 2.05) is 6.92 Å². The van der Waals surface area contributed by atoms with Gasteiger partial charge in [0, 0.05) is 12.5 Å². The van der Waals surface area contributed by atoms with E-state index in [1.165, 1.54) is 0 Å². The number of esters is 1.